The lowest BCUT2D eigenvalue weighted by Gasteiger charge is -2.37. The number of carbonyl (C=O) groups excluding carboxylic acids is 1. The third kappa shape index (κ3) is 4.74. The maximum Gasteiger partial charge on any atom is 0.276 e. The summed E-state index contributed by atoms with van der Waals surface area (Å²) in [6.45, 7) is 5.22. The Labute approximate surface area is 177 Å². The fraction of sp³-hybridized carbons (Fsp3) is 0.391. The summed E-state index contributed by atoms with van der Waals surface area (Å²) < 4.78 is 1.74. The minimum absolute atomic E-state index is 0.0580. The topological polar surface area (TPSA) is 67.2 Å². The summed E-state index contributed by atoms with van der Waals surface area (Å²) in [5.41, 5.74) is 3.85. The smallest absolute Gasteiger partial charge is 0.276 e. The molecule has 7 heteroatoms. The van der Waals surface area contributed by atoms with E-state index in [1.807, 2.05) is 29.2 Å². The van der Waals surface area contributed by atoms with Gasteiger partial charge in [0.25, 0.3) is 5.91 Å². The second-order valence-corrected chi connectivity index (χ2v) is 8.05. The van der Waals surface area contributed by atoms with Crippen molar-refractivity contribution >= 4 is 5.91 Å². The van der Waals surface area contributed by atoms with E-state index in [2.05, 4.69) is 46.3 Å². The maximum absolute atomic E-state index is 13.4. The fourth-order valence-electron chi connectivity index (χ4n) is 3.94. The van der Waals surface area contributed by atoms with Crippen LogP contribution in [0.4, 0.5) is 0 Å². The predicted octanol–water partition coefficient (Wildman–Crippen LogP) is 2.77. The van der Waals surface area contributed by atoms with Crippen LogP contribution in [0.1, 0.15) is 40.0 Å². The molecule has 4 rings (SSSR count). The number of piperidine rings is 1. The molecule has 0 radical (unpaired) electrons. The number of carbonyl (C=O) groups is 1. The van der Waals surface area contributed by atoms with Crippen LogP contribution >= 0.6 is 0 Å². The number of benzene rings is 1. The van der Waals surface area contributed by atoms with Gasteiger partial charge >= 0.3 is 0 Å². The molecule has 0 bridgehead atoms. The van der Waals surface area contributed by atoms with Crippen LogP contribution in [0.25, 0.3) is 0 Å². The molecule has 2 aromatic heterocycles. The predicted molar refractivity (Wildman–Crippen MR) is 115 cm³/mol. The highest BCUT2D eigenvalue weighted by atomic mass is 16.2. The number of rotatable bonds is 6. The third-order valence-corrected chi connectivity index (χ3v) is 5.84. The van der Waals surface area contributed by atoms with Gasteiger partial charge in [-0.15, -0.1) is 5.10 Å². The van der Waals surface area contributed by atoms with E-state index >= 15 is 0 Å². The van der Waals surface area contributed by atoms with Gasteiger partial charge in [0.2, 0.25) is 0 Å². The summed E-state index contributed by atoms with van der Waals surface area (Å²) in [5, 5.41) is 8.43. The molecule has 0 N–H and O–H groups in total. The molecule has 0 aliphatic carbocycles. The highest BCUT2D eigenvalue weighted by Gasteiger charge is 2.29. The molecule has 0 atom stereocenters. The first-order valence-corrected chi connectivity index (χ1v) is 10.4. The quantitative estimate of drug-likeness (QED) is 0.632. The summed E-state index contributed by atoms with van der Waals surface area (Å²) in [7, 11) is 2.13. The van der Waals surface area contributed by atoms with Crippen molar-refractivity contribution < 1.29 is 4.79 Å². The summed E-state index contributed by atoms with van der Waals surface area (Å²) >= 11 is 0. The molecular formula is C23H28N6O. The van der Waals surface area contributed by atoms with Crippen LogP contribution in [0.2, 0.25) is 0 Å². The van der Waals surface area contributed by atoms with Gasteiger partial charge in [0.1, 0.15) is 0 Å². The standard InChI is InChI=1S/C23H28N6O/c1-18-5-3-4-6-20(18)16-28-17-22(25-26-28)23(30)29(15-19-7-11-24-12-8-19)21-9-13-27(2)14-10-21/h3-8,11-12,17,21H,9-10,13-16H2,1-2H3. The highest BCUT2D eigenvalue weighted by Crippen LogP contribution is 2.20. The Morgan fingerprint density at radius 1 is 1.13 bits per heavy atom. The van der Waals surface area contributed by atoms with Gasteiger partial charge in [-0.1, -0.05) is 29.5 Å². The van der Waals surface area contributed by atoms with Crippen LogP contribution in [0.15, 0.2) is 55.0 Å². The lowest BCUT2D eigenvalue weighted by molar-refractivity contribution is 0.0563. The summed E-state index contributed by atoms with van der Waals surface area (Å²) in [5.74, 6) is -0.0580. The lowest BCUT2D eigenvalue weighted by atomic mass is 10.0. The molecule has 30 heavy (non-hydrogen) atoms. The average molecular weight is 405 g/mol. The van der Waals surface area contributed by atoms with Crippen LogP contribution in [-0.4, -0.2) is 61.9 Å². The second kappa shape index (κ2) is 9.17. The molecule has 0 spiro atoms. The molecule has 0 saturated carbocycles. The number of likely N-dealkylation sites (tertiary alicyclic amines) is 1. The Morgan fingerprint density at radius 3 is 2.60 bits per heavy atom. The minimum Gasteiger partial charge on any atom is -0.330 e. The Morgan fingerprint density at radius 2 is 1.87 bits per heavy atom. The SMILES string of the molecule is Cc1ccccc1Cn1cc(C(=O)N(Cc2ccncc2)C2CCN(C)CC2)nn1. The number of pyridine rings is 1. The van der Waals surface area contributed by atoms with Crippen molar-refractivity contribution in [3.05, 3.63) is 77.4 Å². The van der Waals surface area contributed by atoms with Crippen molar-refractivity contribution in [3.63, 3.8) is 0 Å². The van der Waals surface area contributed by atoms with E-state index in [9.17, 15) is 4.79 Å². The number of hydrogen-bond acceptors (Lipinski definition) is 5. The van der Waals surface area contributed by atoms with Crippen molar-refractivity contribution in [3.8, 4) is 0 Å². The van der Waals surface area contributed by atoms with Gasteiger partial charge in [0, 0.05) is 25.0 Å². The van der Waals surface area contributed by atoms with Crippen molar-refractivity contribution in [2.24, 2.45) is 0 Å². The maximum atomic E-state index is 13.4. The third-order valence-electron chi connectivity index (χ3n) is 5.84. The number of aryl methyl sites for hydroxylation is 1. The Hall–Kier alpha value is -3.06. The van der Waals surface area contributed by atoms with Gasteiger partial charge in [-0.25, -0.2) is 4.68 Å². The van der Waals surface area contributed by atoms with Gasteiger partial charge in [0.05, 0.1) is 12.7 Å². The zero-order valence-electron chi connectivity index (χ0n) is 17.6. The molecular weight excluding hydrogens is 376 g/mol. The Bertz CT molecular complexity index is 978. The lowest BCUT2D eigenvalue weighted by Crippen LogP contribution is -2.46. The molecule has 3 heterocycles. The van der Waals surface area contributed by atoms with E-state index in [1.165, 1.54) is 11.1 Å². The van der Waals surface area contributed by atoms with E-state index in [1.54, 1.807) is 23.3 Å². The molecule has 1 saturated heterocycles. The molecule has 156 valence electrons. The van der Waals surface area contributed by atoms with Gasteiger partial charge in [-0.3, -0.25) is 9.78 Å². The second-order valence-electron chi connectivity index (χ2n) is 8.05. The number of hydrogen-bond donors (Lipinski definition) is 0. The van der Waals surface area contributed by atoms with Gasteiger partial charge in [0.15, 0.2) is 5.69 Å². The van der Waals surface area contributed by atoms with E-state index in [-0.39, 0.29) is 11.9 Å². The van der Waals surface area contributed by atoms with Crippen molar-refractivity contribution in [1.29, 1.82) is 0 Å². The van der Waals surface area contributed by atoms with E-state index in [0.29, 0.717) is 18.8 Å². The molecule has 1 aromatic carbocycles. The van der Waals surface area contributed by atoms with E-state index < -0.39 is 0 Å². The summed E-state index contributed by atoms with van der Waals surface area (Å²) in [4.78, 5) is 21.8. The first-order chi connectivity index (χ1) is 14.6. The molecule has 1 aliphatic rings. The number of aromatic nitrogens is 4. The summed E-state index contributed by atoms with van der Waals surface area (Å²) in [6.07, 6.45) is 7.23. The number of amides is 1. The Balaban J connectivity index is 1.54. The Kier molecular flexibility index (Phi) is 6.18. The average Bonchev–Trinajstić information content (AvgIpc) is 3.23. The van der Waals surface area contributed by atoms with E-state index in [0.717, 1.165) is 31.5 Å². The van der Waals surface area contributed by atoms with Gasteiger partial charge in [-0.2, -0.15) is 0 Å². The highest BCUT2D eigenvalue weighted by molar-refractivity contribution is 5.92. The van der Waals surface area contributed by atoms with Gasteiger partial charge in [-0.05, 0) is 68.7 Å². The van der Waals surface area contributed by atoms with Crippen molar-refractivity contribution in [2.45, 2.75) is 38.9 Å². The minimum atomic E-state index is -0.0580. The summed E-state index contributed by atoms with van der Waals surface area (Å²) in [6, 6.07) is 12.3. The molecule has 3 aromatic rings. The molecule has 7 nitrogen and oxygen atoms in total. The van der Waals surface area contributed by atoms with Crippen LogP contribution < -0.4 is 0 Å². The van der Waals surface area contributed by atoms with E-state index in [4.69, 9.17) is 0 Å². The number of nitrogens with zero attached hydrogens (tertiary/aromatic N) is 6. The normalized spacial score (nSPS) is 15.3. The first-order valence-electron chi connectivity index (χ1n) is 10.4. The fourth-order valence-corrected chi connectivity index (χ4v) is 3.94. The zero-order chi connectivity index (χ0) is 20.9. The van der Waals surface area contributed by atoms with Crippen LogP contribution in [0.5, 0.6) is 0 Å². The monoisotopic (exact) mass is 404 g/mol. The van der Waals surface area contributed by atoms with Crippen molar-refractivity contribution in [1.82, 2.24) is 29.8 Å². The van der Waals surface area contributed by atoms with Crippen LogP contribution in [0.3, 0.4) is 0 Å². The van der Waals surface area contributed by atoms with Crippen LogP contribution in [0, 0.1) is 6.92 Å². The molecule has 1 aliphatic heterocycles. The molecule has 1 amide bonds. The largest absolute Gasteiger partial charge is 0.330 e. The molecule has 0 unspecified atom stereocenters. The zero-order valence-corrected chi connectivity index (χ0v) is 17.6. The van der Waals surface area contributed by atoms with Crippen LogP contribution in [-0.2, 0) is 13.1 Å². The molecule has 1 fully saturated rings. The first kappa shape index (κ1) is 20.2. The van der Waals surface area contributed by atoms with Crippen molar-refractivity contribution in [2.75, 3.05) is 20.1 Å². The van der Waals surface area contributed by atoms with Gasteiger partial charge < -0.3 is 9.80 Å².